The Kier molecular flexibility index (Phi) is 4.32. The first-order valence-corrected chi connectivity index (χ1v) is 6.89. The molecule has 2 unspecified atom stereocenters. The second-order valence-electron chi connectivity index (χ2n) is 4.91. The normalized spacial score (nSPS) is 26.9. The quantitative estimate of drug-likeness (QED) is 0.892. The van der Waals surface area contributed by atoms with E-state index in [0.29, 0.717) is 24.5 Å². The highest BCUT2D eigenvalue weighted by molar-refractivity contribution is 6.33. The van der Waals surface area contributed by atoms with Crippen LogP contribution in [0.4, 0.5) is 5.69 Å². The van der Waals surface area contributed by atoms with E-state index < -0.39 is 5.54 Å². The molecule has 3 N–H and O–H groups in total. The number of anilines is 1. The molecular weight excluding hydrogens is 264 g/mol. The van der Waals surface area contributed by atoms with Crippen LogP contribution in [0.5, 0.6) is 0 Å². The number of halogens is 1. The second kappa shape index (κ2) is 5.80. The van der Waals surface area contributed by atoms with Crippen molar-refractivity contribution in [1.29, 1.82) is 0 Å². The van der Waals surface area contributed by atoms with E-state index in [2.05, 4.69) is 5.32 Å². The van der Waals surface area contributed by atoms with Crippen molar-refractivity contribution < 1.29 is 9.53 Å². The Hall–Kier alpha value is -1.26. The first kappa shape index (κ1) is 14.2. The van der Waals surface area contributed by atoms with Gasteiger partial charge in [-0.15, -0.1) is 0 Å². The summed E-state index contributed by atoms with van der Waals surface area (Å²) in [6.07, 6.45) is 2.05. The molecule has 1 aliphatic rings. The molecule has 0 saturated carbocycles. The molecule has 2 rings (SSSR count). The van der Waals surface area contributed by atoms with Crippen LogP contribution in [0.2, 0.25) is 5.02 Å². The monoisotopic (exact) mass is 282 g/mol. The summed E-state index contributed by atoms with van der Waals surface area (Å²) in [5.41, 5.74) is 5.58. The third kappa shape index (κ3) is 3.01. The Balaban J connectivity index is 2.25. The summed E-state index contributed by atoms with van der Waals surface area (Å²) >= 11 is 6.13. The molecule has 0 aliphatic carbocycles. The number of nitrogens with two attached hydrogens (primary N) is 1. The van der Waals surface area contributed by atoms with E-state index in [0.717, 1.165) is 12.1 Å². The number of nitrogens with one attached hydrogen (secondary N) is 1. The lowest BCUT2D eigenvalue weighted by Gasteiger charge is -2.39. The van der Waals surface area contributed by atoms with Gasteiger partial charge in [0.1, 0.15) is 5.54 Å². The maximum atomic E-state index is 11.9. The molecule has 1 amide bonds. The molecule has 1 heterocycles. The van der Waals surface area contributed by atoms with Crippen LogP contribution in [-0.2, 0) is 9.53 Å². The largest absolute Gasteiger partial charge is 0.378 e. The molecule has 1 aromatic carbocycles. The van der Waals surface area contributed by atoms with Crippen LogP contribution in [0, 0.1) is 0 Å². The summed E-state index contributed by atoms with van der Waals surface area (Å²) in [6, 6.07) is 7.36. The number of para-hydroxylation sites is 1. The molecule has 5 heteroatoms. The molecule has 2 atom stereocenters. The molecule has 4 nitrogen and oxygen atoms in total. The summed E-state index contributed by atoms with van der Waals surface area (Å²) in [5, 5.41) is 3.83. The highest BCUT2D eigenvalue weighted by Gasteiger charge is 2.41. The number of ether oxygens (including phenoxy) is 1. The fourth-order valence-corrected chi connectivity index (χ4v) is 2.61. The van der Waals surface area contributed by atoms with Gasteiger partial charge in [0.2, 0.25) is 5.91 Å². The van der Waals surface area contributed by atoms with Gasteiger partial charge in [0.25, 0.3) is 0 Å². The first-order chi connectivity index (χ1) is 9.07. The third-order valence-corrected chi connectivity index (χ3v) is 3.96. The van der Waals surface area contributed by atoms with Crippen molar-refractivity contribution in [3.8, 4) is 0 Å². The number of carbonyl (C=O) groups is 1. The SMILES string of the molecule is CCC1CC(Nc2ccccc2Cl)(C(N)=O)CCO1. The maximum absolute atomic E-state index is 11.9. The number of primary amides is 1. The molecule has 1 fully saturated rings. The van der Waals surface area contributed by atoms with Gasteiger partial charge in [0, 0.05) is 19.4 Å². The summed E-state index contributed by atoms with van der Waals surface area (Å²) in [6.45, 7) is 2.57. The van der Waals surface area contributed by atoms with Crippen LogP contribution in [-0.4, -0.2) is 24.2 Å². The summed E-state index contributed by atoms with van der Waals surface area (Å²) in [5.74, 6) is -0.353. The van der Waals surface area contributed by atoms with E-state index in [9.17, 15) is 4.79 Å². The van der Waals surface area contributed by atoms with Crippen molar-refractivity contribution in [2.75, 3.05) is 11.9 Å². The first-order valence-electron chi connectivity index (χ1n) is 6.51. The van der Waals surface area contributed by atoms with Crippen LogP contribution >= 0.6 is 11.6 Å². The van der Waals surface area contributed by atoms with Crippen LogP contribution in [0.1, 0.15) is 26.2 Å². The minimum absolute atomic E-state index is 0.0521. The Morgan fingerprint density at radius 1 is 1.58 bits per heavy atom. The lowest BCUT2D eigenvalue weighted by Crippen LogP contribution is -2.56. The second-order valence-corrected chi connectivity index (χ2v) is 5.31. The van der Waals surface area contributed by atoms with E-state index in [4.69, 9.17) is 22.1 Å². The summed E-state index contributed by atoms with van der Waals surface area (Å²) in [7, 11) is 0. The minimum Gasteiger partial charge on any atom is -0.378 e. The average Bonchev–Trinajstić information content (AvgIpc) is 2.41. The molecule has 19 heavy (non-hydrogen) atoms. The molecule has 1 aromatic rings. The smallest absolute Gasteiger partial charge is 0.243 e. The van der Waals surface area contributed by atoms with E-state index >= 15 is 0 Å². The Labute approximate surface area is 118 Å². The van der Waals surface area contributed by atoms with Gasteiger partial charge >= 0.3 is 0 Å². The lowest BCUT2D eigenvalue weighted by molar-refractivity contribution is -0.127. The predicted octanol–water partition coefficient (Wildman–Crippen LogP) is 2.57. The van der Waals surface area contributed by atoms with Gasteiger partial charge in [-0.2, -0.15) is 0 Å². The predicted molar refractivity (Wildman–Crippen MR) is 76.3 cm³/mol. The maximum Gasteiger partial charge on any atom is 0.243 e. The molecule has 0 bridgehead atoms. The van der Waals surface area contributed by atoms with Gasteiger partial charge in [0.15, 0.2) is 0 Å². The van der Waals surface area contributed by atoms with Crippen LogP contribution < -0.4 is 11.1 Å². The number of rotatable bonds is 4. The van der Waals surface area contributed by atoms with Crippen molar-refractivity contribution in [3.63, 3.8) is 0 Å². The van der Waals surface area contributed by atoms with Gasteiger partial charge in [-0.05, 0) is 18.6 Å². The lowest BCUT2D eigenvalue weighted by atomic mass is 9.84. The standard InChI is InChI=1S/C14H19ClN2O2/c1-2-10-9-14(13(16)18,7-8-19-10)17-12-6-4-3-5-11(12)15/h3-6,10,17H,2,7-9H2,1H3,(H2,16,18). The Morgan fingerprint density at radius 3 is 2.95 bits per heavy atom. The van der Waals surface area contributed by atoms with E-state index in [1.54, 1.807) is 6.07 Å². The van der Waals surface area contributed by atoms with Crippen molar-refractivity contribution in [3.05, 3.63) is 29.3 Å². The Morgan fingerprint density at radius 2 is 2.32 bits per heavy atom. The highest BCUT2D eigenvalue weighted by Crippen LogP contribution is 2.32. The topological polar surface area (TPSA) is 64.3 Å². The summed E-state index contributed by atoms with van der Waals surface area (Å²) < 4.78 is 5.62. The van der Waals surface area contributed by atoms with Gasteiger partial charge in [-0.3, -0.25) is 4.79 Å². The fraction of sp³-hybridized carbons (Fsp3) is 0.500. The number of amides is 1. The zero-order chi connectivity index (χ0) is 13.9. The molecule has 0 radical (unpaired) electrons. The van der Waals surface area contributed by atoms with Crippen LogP contribution in [0.3, 0.4) is 0 Å². The van der Waals surface area contributed by atoms with Crippen molar-refractivity contribution in [2.45, 2.75) is 37.8 Å². The molecule has 0 spiro atoms. The van der Waals surface area contributed by atoms with Crippen molar-refractivity contribution >= 4 is 23.2 Å². The average molecular weight is 283 g/mol. The van der Waals surface area contributed by atoms with Crippen molar-refractivity contribution in [2.24, 2.45) is 5.73 Å². The zero-order valence-corrected chi connectivity index (χ0v) is 11.7. The fourth-order valence-electron chi connectivity index (χ4n) is 2.43. The van der Waals surface area contributed by atoms with Crippen molar-refractivity contribution in [1.82, 2.24) is 0 Å². The zero-order valence-electron chi connectivity index (χ0n) is 11.0. The molecule has 104 valence electrons. The number of benzene rings is 1. The molecule has 0 aromatic heterocycles. The number of hydrogen-bond donors (Lipinski definition) is 2. The number of hydrogen-bond acceptors (Lipinski definition) is 3. The van der Waals surface area contributed by atoms with E-state index in [-0.39, 0.29) is 12.0 Å². The third-order valence-electron chi connectivity index (χ3n) is 3.63. The highest BCUT2D eigenvalue weighted by atomic mass is 35.5. The molecule has 1 aliphatic heterocycles. The van der Waals surface area contributed by atoms with E-state index in [1.165, 1.54) is 0 Å². The molecule has 1 saturated heterocycles. The van der Waals surface area contributed by atoms with Crippen LogP contribution in [0.15, 0.2) is 24.3 Å². The summed E-state index contributed by atoms with van der Waals surface area (Å²) in [4.78, 5) is 11.9. The van der Waals surface area contributed by atoms with Gasteiger partial charge in [-0.1, -0.05) is 30.7 Å². The minimum atomic E-state index is -0.774. The van der Waals surface area contributed by atoms with Gasteiger partial charge in [0.05, 0.1) is 16.8 Å². The van der Waals surface area contributed by atoms with Gasteiger partial charge in [-0.25, -0.2) is 0 Å². The van der Waals surface area contributed by atoms with E-state index in [1.807, 2.05) is 25.1 Å². The van der Waals surface area contributed by atoms with Crippen LogP contribution in [0.25, 0.3) is 0 Å². The van der Waals surface area contributed by atoms with Gasteiger partial charge < -0.3 is 15.8 Å². The number of carbonyl (C=O) groups excluding carboxylic acids is 1. The molecular formula is C14H19ClN2O2. The Bertz CT molecular complexity index is 467.